The molecule has 1 aromatic carbocycles. The first-order valence-electron chi connectivity index (χ1n) is 10.2. The Bertz CT molecular complexity index is 497. The summed E-state index contributed by atoms with van der Waals surface area (Å²) in [5.74, 6) is 0.581. The molecule has 6 heteroatoms. The van der Waals surface area contributed by atoms with E-state index in [0.29, 0.717) is 13.2 Å². The van der Waals surface area contributed by atoms with Gasteiger partial charge >= 0.3 is 5.97 Å². The SMILES string of the molecule is CCCCNCCCCCNCCOc1cccc(CNCOC(C)=O)c1. The van der Waals surface area contributed by atoms with Crippen molar-refractivity contribution in [2.24, 2.45) is 0 Å². The molecule has 1 rings (SSSR count). The lowest BCUT2D eigenvalue weighted by Crippen LogP contribution is -2.22. The monoisotopic (exact) mass is 379 g/mol. The summed E-state index contributed by atoms with van der Waals surface area (Å²) in [7, 11) is 0. The van der Waals surface area contributed by atoms with Crippen molar-refractivity contribution in [3.8, 4) is 5.75 Å². The maximum atomic E-state index is 10.7. The number of benzene rings is 1. The summed E-state index contributed by atoms with van der Waals surface area (Å²) in [5, 5.41) is 9.96. The van der Waals surface area contributed by atoms with Gasteiger partial charge in [0.2, 0.25) is 0 Å². The summed E-state index contributed by atoms with van der Waals surface area (Å²) in [5.41, 5.74) is 1.10. The number of rotatable bonds is 17. The van der Waals surface area contributed by atoms with E-state index in [1.807, 2.05) is 24.3 Å². The van der Waals surface area contributed by atoms with Crippen LogP contribution in [0.1, 0.15) is 51.5 Å². The van der Waals surface area contributed by atoms with E-state index < -0.39 is 0 Å². The third-order valence-electron chi connectivity index (χ3n) is 4.07. The van der Waals surface area contributed by atoms with Gasteiger partial charge in [0.25, 0.3) is 0 Å². The Kier molecular flexibility index (Phi) is 14.3. The van der Waals surface area contributed by atoms with Gasteiger partial charge < -0.3 is 20.1 Å². The van der Waals surface area contributed by atoms with E-state index in [4.69, 9.17) is 9.47 Å². The quantitative estimate of drug-likeness (QED) is 0.220. The highest BCUT2D eigenvalue weighted by Crippen LogP contribution is 2.12. The highest BCUT2D eigenvalue weighted by Gasteiger charge is 1.98. The number of esters is 1. The van der Waals surface area contributed by atoms with Crippen LogP contribution in [0.2, 0.25) is 0 Å². The molecule has 0 aliphatic rings. The molecule has 0 radical (unpaired) electrons. The smallest absolute Gasteiger partial charge is 0.303 e. The van der Waals surface area contributed by atoms with Crippen molar-refractivity contribution in [3.63, 3.8) is 0 Å². The third kappa shape index (κ3) is 14.1. The van der Waals surface area contributed by atoms with Crippen LogP contribution in [-0.4, -0.2) is 45.5 Å². The fourth-order valence-electron chi connectivity index (χ4n) is 2.56. The van der Waals surface area contributed by atoms with Crippen molar-refractivity contribution < 1.29 is 14.3 Å². The first-order valence-corrected chi connectivity index (χ1v) is 10.2. The molecule has 27 heavy (non-hydrogen) atoms. The van der Waals surface area contributed by atoms with E-state index in [0.717, 1.165) is 37.5 Å². The van der Waals surface area contributed by atoms with Crippen LogP contribution in [0.5, 0.6) is 5.75 Å². The van der Waals surface area contributed by atoms with Crippen LogP contribution in [0.3, 0.4) is 0 Å². The van der Waals surface area contributed by atoms with Crippen molar-refractivity contribution in [2.45, 2.75) is 52.5 Å². The molecule has 0 saturated carbocycles. The van der Waals surface area contributed by atoms with Crippen LogP contribution < -0.4 is 20.7 Å². The molecule has 0 aliphatic heterocycles. The van der Waals surface area contributed by atoms with Crippen molar-refractivity contribution in [2.75, 3.05) is 39.5 Å². The zero-order chi connectivity index (χ0) is 19.6. The molecule has 3 N–H and O–H groups in total. The number of ether oxygens (including phenoxy) is 2. The third-order valence-corrected chi connectivity index (χ3v) is 4.07. The predicted octanol–water partition coefficient (Wildman–Crippen LogP) is 2.83. The summed E-state index contributed by atoms with van der Waals surface area (Å²) in [4.78, 5) is 10.7. The second-order valence-electron chi connectivity index (χ2n) is 6.62. The Morgan fingerprint density at radius 1 is 0.963 bits per heavy atom. The lowest BCUT2D eigenvalue weighted by molar-refractivity contribution is -0.141. The van der Waals surface area contributed by atoms with Gasteiger partial charge in [-0.3, -0.25) is 10.1 Å². The highest BCUT2D eigenvalue weighted by molar-refractivity contribution is 5.65. The molecule has 1 aromatic rings. The minimum atomic E-state index is -0.282. The molecule has 0 spiro atoms. The minimum absolute atomic E-state index is 0.221. The molecule has 0 unspecified atom stereocenters. The molecular weight excluding hydrogens is 342 g/mol. The lowest BCUT2D eigenvalue weighted by atomic mass is 10.2. The van der Waals surface area contributed by atoms with Gasteiger partial charge in [0.1, 0.15) is 19.1 Å². The molecule has 0 amide bonds. The zero-order valence-corrected chi connectivity index (χ0v) is 17.0. The summed E-state index contributed by atoms with van der Waals surface area (Å²) in [6.07, 6.45) is 6.25. The Labute approximate surface area is 164 Å². The normalized spacial score (nSPS) is 10.7. The fraction of sp³-hybridized carbons (Fsp3) is 0.667. The summed E-state index contributed by atoms with van der Waals surface area (Å²) >= 11 is 0. The van der Waals surface area contributed by atoms with Crippen molar-refractivity contribution >= 4 is 5.97 Å². The van der Waals surface area contributed by atoms with Gasteiger partial charge in [-0.15, -0.1) is 0 Å². The second kappa shape index (κ2) is 16.5. The van der Waals surface area contributed by atoms with Gasteiger partial charge in [0.15, 0.2) is 0 Å². The van der Waals surface area contributed by atoms with Crippen molar-refractivity contribution in [1.82, 2.24) is 16.0 Å². The van der Waals surface area contributed by atoms with E-state index in [9.17, 15) is 4.79 Å². The van der Waals surface area contributed by atoms with Crippen LogP contribution in [0.4, 0.5) is 0 Å². The average Bonchev–Trinajstić information content (AvgIpc) is 2.66. The first kappa shape index (κ1) is 23.4. The summed E-state index contributed by atoms with van der Waals surface area (Å²) < 4.78 is 10.6. The van der Waals surface area contributed by atoms with E-state index in [1.54, 1.807) is 0 Å². The minimum Gasteiger partial charge on any atom is -0.492 e. The van der Waals surface area contributed by atoms with E-state index in [2.05, 4.69) is 22.9 Å². The van der Waals surface area contributed by atoms with Crippen LogP contribution in [0, 0.1) is 0 Å². The Hall–Kier alpha value is -1.63. The molecule has 6 nitrogen and oxygen atoms in total. The Balaban J connectivity index is 1.98. The maximum Gasteiger partial charge on any atom is 0.303 e. The highest BCUT2D eigenvalue weighted by atomic mass is 16.5. The Morgan fingerprint density at radius 2 is 1.70 bits per heavy atom. The van der Waals surface area contributed by atoms with Crippen LogP contribution in [0.15, 0.2) is 24.3 Å². The average molecular weight is 380 g/mol. The van der Waals surface area contributed by atoms with Crippen LogP contribution in [0.25, 0.3) is 0 Å². The van der Waals surface area contributed by atoms with Crippen LogP contribution in [-0.2, 0) is 16.1 Å². The molecule has 154 valence electrons. The fourth-order valence-corrected chi connectivity index (χ4v) is 2.56. The maximum absolute atomic E-state index is 10.7. The molecule has 0 heterocycles. The van der Waals surface area contributed by atoms with Gasteiger partial charge in [-0.05, 0) is 56.6 Å². The first-order chi connectivity index (χ1) is 13.2. The predicted molar refractivity (Wildman–Crippen MR) is 110 cm³/mol. The number of carbonyl (C=O) groups excluding carboxylic acids is 1. The van der Waals surface area contributed by atoms with Gasteiger partial charge in [-0.2, -0.15) is 0 Å². The standard InChI is InChI=1S/C21H37N3O3/c1-3-4-11-22-12-6-5-7-13-23-14-15-26-21-10-8-9-20(16-21)17-24-18-27-19(2)25/h8-10,16,22-24H,3-7,11-15,17-18H2,1-2H3. The molecule has 0 aliphatic carbocycles. The molecular formula is C21H37N3O3. The largest absolute Gasteiger partial charge is 0.492 e. The van der Waals surface area contributed by atoms with Gasteiger partial charge in [-0.1, -0.05) is 31.9 Å². The van der Waals surface area contributed by atoms with E-state index in [1.165, 1.54) is 39.0 Å². The number of hydrogen-bond acceptors (Lipinski definition) is 6. The molecule has 0 saturated heterocycles. The molecule has 0 atom stereocenters. The summed E-state index contributed by atoms with van der Waals surface area (Å²) in [6, 6.07) is 7.95. The van der Waals surface area contributed by atoms with Crippen LogP contribution >= 0.6 is 0 Å². The molecule has 0 bridgehead atoms. The zero-order valence-electron chi connectivity index (χ0n) is 17.0. The van der Waals surface area contributed by atoms with Crippen molar-refractivity contribution in [1.29, 1.82) is 0 Å². The number of hydrogen-bond donors (Lipinski definition) is 3. The lowest BCUT2D eigenvalue weighted by Gasteiger charge is -2.10. The molecule has 0 aromatic heterocycles. The Morgan fingerprint density at radius 3 is 2.44 bits per heavy atom. The topological polar surface area (TPSA) is 71.6 Å². The number of nitrogens with one attached hydrogen (secondary N) is 3. The van der Waals surface area contributed by atoms with E-state index in [-0.39, 0.29) is 12.7 Å². The van der Waals surface area contributed by atoms with Gasteiger partial charge in [-0.25, -0.2) is 0 Å². The summed E-state index contributed by atoms with van der Waals surface area (Å²) in [6.45, 7) is 9.31. The van der Waals surface area contributed by atoms with Crippen molar-refractivity contribution in [3.05, 3.63) is 29.8 Å². The van der Waals surface area contributed by atoms with Gasteiger partial charge in [0.05, 0.1) is 0 Å². The second-order valence-corrected chi connectivity index (χ2v) is 6.62. The van der Waals surface area contributed by atoms with Gasteiger partial charge in [0, 0.05) is 20.0 Å². The van der Waals surface area contributed by atoms with E-state index >= 15 is 0 Å². The molecule has 0 fully saturated rings. The number of carbonyl (C=O) groups is 1. The number of unbranched alkanes of at least 4 members (excludes halogenated alkanes) is 3.